The first-order valence-electron chi connectivity index (χ1n) is 5.84. The average molecular weight is 248 g/mol. The molecule has 2 saturated heterocycles. The lowest BCUT2D eigenvalue weighted by molar-refractivity contribution is 0.156. The van der Waals surface area contributed by atoms with E-state index in [1.165, 1.54) is 13.5 Å². The summed E-state index contributed by atoms with van der Waals surface area (Å²) in [4.78, 5) is 2.41. The Labute approximate surface area is 97.4 Å². The molecule has 0 aromatic carbocycles. The Balaban J connectivity index is 1.95. The zero-order valence-corrected chi connectivity index (χ0v) is 10.6. The van der Waals surface area contributed by atoms with Crippen molar-refractivity contribution < 1.29 is 13.2 Å². The highest BCUT2D eigenvalue weighted by atomic mass is 32.2. The molecule has 0 radical (unpaired) electrons. The number of hydrogen-bond donors (Lipinski definition) is 0. The molecule has 0 unspecified atom stereocenters. The second kappa shape index (κ2) is 5.00. The van der Waals surface area contributed by atoms with Gasteiger partial charge in [-0.05, 0) is 19.4 Å². The number of nitrogens with zero attached hydrogens (tertiary/aromatic N) is 2. The number of hydrogen-bond acceptors (Lipinski definition) is 4. The van der Waals surface area contributed by atoms with Gasteiger partial charge in [-0.15, -0.1) is 0 Å². The van der Waals surface area contributed by atoms with Crippen LogP contribution in [0.25, 0.3) is 0 Å². The predicted molar refractivity (Wildman–Crippen MR) is 61.8 cm³/mol. The van der Waals surface area contributed by atoms with Gasteiger partial charge in [-0.2, -0.15) is 4.31 Å². The van der Waals surface area contributed by atoms with Crippen molar-refractivity contribution in [3.05, 3.63) is 0 Å². The summed E-state index contributed by atoms with van der Waals surface area (Å²) in [5.41, 5.74) is 0. The molecule has 0 aromatic heterocycles. The van der Waals surface area contributed by atoms with Crippen molar-refractivity contribution >= 4 is 10.0 Å². The molecule has 0 amide bonds. The molecular formula is C10H20N2O3S. The van der Waals surface area contributed by atoms with Crippen molar-refractivity contribution in [3.8, 4) is 0 Å². The first-order valence-corrected chi connectivity index (χ1v) is 7.45. The van der Waals surface area contributed by atoms with E-state index in [2.05, 4.69) is 4.90 Å². The minimum Gasteiger partial charge on any atom is -0.384 e. The molecule has 2 fully saturated rings. The zero-order valence-electron chi connectivity index (χ0n) is 9.76. The van der Waals surface area contributed by atoms with Crippen LogP contribution in [0.15, 0.2) is 0 Å². The van der Waals surface area contributed by atoms with E-state index in [0.29, 0.717) is 19.1 Å². The van der Waals surface area contributed by atoms with E-state index in [1.54, 1.807) is 4.31 Å². The van der Waals surface area contributed by atoms with E-state index in [9.17, 15) is 8.42 Å². The summed E-state index contributed by atoms with van der Waals surface area (Å²) >= 11 is 0. The van der Waals surface area contributed by atoms with Crippen LogP contribution in [0.3, 0.4) is 0 Å². The van der Waals surface area contributed by atoms with Gasteiger partial charge in [-0.1, -0.05) is 0 Å². The Morgan fingerprint density at radius 1 is 1.31 bits per heavy atom. The van der Waals surface area contributed by atoms with Gasteiger partial charge in [0.2, 0.25) is 10.0 Å². The predicted octanol–water partition coefficient (Wildman–Crippen LogP) is -0.257. The SMILES string of the molecule is COCCS(=O)(=O)N1CCN2CCC[C@H]2C1. The molecule has 2 rings (SSSR count). The number of sulfonamides is 1. The summed E-state index contributed by atoms with van der Waals surface area (Å²) in [6.45, 7) is 3.62. The highest BCUT2D eigenvalue weighted by Crippen LogP contribution is 2.22. The molecule has 0 bridgehead atoms. The lowest BCUT2D eigenvalue weighted by atomic mass is 10.2. The maximum absolute atomic E-state index is 12.0. The van der Waals surface area contributed by atoms with Crippen LogP contribution >= 0.6 is 0 Å². The van der Waals surface area contributed by atoms with Gasteiger partial charge in [0.05, 0.1) is 12.4 Å². The van der Waals surface area contributed by atoms with Crippen molar-refractivity contribution in [2.75, 3.05) is 45.6 Å². The molecule has 0 N–H and O–H groups in total. The third-order valence-corrected chi connectivity index (χ3v) is 5.29. The quantitative estimate of drug-likeness (QED) is 0.688. The van der Waals surface area contributed by atoms with Gasteiger partial charge in [0.25, 0.3) is 0 Å². The Morgan fingerprint density at radius 2 is 2.12 bits per heavy atom. The summed E-state index contributed by atoms with van der Waals surface area (Å²) < 4.78 is 30.4. The van der Waals surface area contributed by atoms with Gasteiger partial charge in [0.1, 0.15) is 0 Å². The number of ether oxygens (including phenoxy) is 1. The van der Waals surface area contributed by atoms with Crippen LogP contribution in [0.1, 0.15) is 12.8 Å². The normalized spacial score (nSPS) is 28.2. The van der Waals surface area contributed by atoms with E-state index in [1.807, 2.05) is 0 Å². The molecule has 1 atom stereocenters. The van der Waals surface area contributed by atoms with E-state index in [-0.39, 0.29) is 12.4 Å². The van der Waals surface area contributed by atoms with Crippen LogP contribution in [0.4, 0.5) is 0 Å². The molecule has 0 aliphatic carbocycles. The minimum atomic E-state index is -3.10. The van der Waals surface area contributed by atoms with Crippen LogP contribution in [0, 0.1) is 0 Å². The molecule has 0 saturated carbocycles. The summed E-state index contributed by atoms with van der Waals surface area (Å²) in [7, 11) is -1.57. The maximum atomic E-state index is 12.0. The minimum absolute atomic E-state index is 0.107. The van der Waals surface area contributed by atoms with Crippen LogP contribution in [0.2, 0.25) is 0 Å². The van der Waals surface area contributed by atoms with Gasteiger partial charge < -0.3 is 4.74 Å². The summed E-state index contributed by atoms with van der Waals surface area (Å²) in [5, 5.41) is 0. The fourth-order valence-electron chi connectivity index (χ4n) is 2.53. The van der Waals surface area contributed by atoms with E-state index in [4.69, 9.17) is 4.74 Å². The maximum Gasteiger partial charge on any atom is 0.216 e. The van der Waals surface area contributed by atoms with Crippen molar-refractivity contribution in [2.24, 2.45) is 0 Å². The number of methoxy groups -OCH3 is 1. The first-order chi connectivity index (χ1) is 7.63. The third kappa shape index (κ3) is 2.56. The summed E-state index contributed by atoms with van der Waals surface area (Å²) in [6, 6.07) is 0.450. The Hall–Kier alpha value is -0.170. The summed E-state index contributed by atoms with van der Waals surface area (Å²) in [5.74, 6) is 0.107. The molecule has 6 heteroatoms. The van der Waals surface area contributed by atoms with E-state index < -0.39 is 10.0 Å². The largest absolute Gasteiger partial charge is 0.384 e. The fraction of sp³-hybridized carbons (Fsp3) is 1.00. The smallest absolute Gasteiger partial charge is 0.216 e. The zero-order chi connectivity index (χ0) is 11.6. The molecule has 2 heterocycles. The summed E-state index contributed by atoms with van der Waals surface area (Å²) in [6.07, 6.45) is 2.34. The Morgan fingerprint density at radius 3 is 2.88 bits per heavy atom. The molecule has 0 spiro atoms. The standard InChI is InChI=1S/C10H20N2O3S/c1-15-7-8-16(13,14)12-6-5-11-4-2-3-10(11)9-12/h10H,2-9H2,1H3/t10-/m0/s1. The Bertz CT molecular complexity index is 331. The van der Waals surface area contributed by atoms with Gasteiger partial charge in [-0.3, -0.25) is 4.90 Å². The van der Waals surface area contributed by atoms with Gasteiger partial charge in [0, 0.05) is 32.8 Å². The molecule has 0 aromatic rings. The second-order valence-corrected chi connectivity index (χ2v) is 6.59. The lowest BCUT2D eigenvalue weighted by Crippen LogP contribution is -2.52. The van der Waals surface area contributed by atoms with Crippen molar-refractivity contribution in [3.63, 3.8) is 0 Å². The first kappa shape index (κ1) is 12.3. The average Bonchev–Trinajstić information content (AvgIpc) is 2.73. The topological polar surface area (TPSA) is 49.9 Å². The van der Waals surface area contributed by atoms with Gasteiger partial charge in [-0.25, -0.2) is 8.42 Å². The fourth-order valence-corrected chi connectivity index (χ4v) is 3.93. The monoisotopic (exact) mass is 248 g/mol. The molecule has 5 nitrogen and oxygen atoms in total. The van der Waals surface area contributed by atoms with Crippen molar-refractivity contribution in [1.82, 2.24) is 9.21 Å². The van der Waals surface area contributed by atoms with Gasteiger partial charge >= 0.3 is 0 Å². The molecule has 94 valence electrons. The third-order valence-electron chi connectivity index (χ3n) is 3.49. The Kier molecular flexibility index (Phi) is 3.84. The van der Waals surface area contributed by atoms with Crippen LogP contribution in [0.5, 0.6) is 0 Å². The highest BCUT2D eigenvalue weighted by molar-refractivity contribution is 7.89. The second-order valence-electron chi connectivity index (χ2n) is 4.50. The van der Waals surface area contributed by atoms with Crippen molar-refractivity contribution in [2.45, 2.75) is 18.9 Å². The van der Waals surface area contributed by atoms with Crippen LogP contribution in [-0.4, -0.2) is 69.3 Å². The molecule has 2 aliphatic rings. The van der Waals surface area contributed by atoms with E-state index in [0.717, 1.165) is 19.5 Å². The lowest BCUT2D eigenvalue weighted by Gasteiger charge is -2.36. The molecule has 16 heavy (non-hydrogen) atoms. The van der Waals surface area contributed by atoms with Crippen LogP contribution < -0.4 is 0 Å². The highest BCUT2D eigenvalue weighted by Gasteiger charge is 2.35. The number of piperazine rings is 1. The van der Waals surface area contributed by atoms with Crippen molar-refractivity contribution in [1.29, 1.82) is 0 Å². The molecular weight excluding hydrogens is 228 g/mol. The van der Waals surface area contributed by atoms with E-state index >= 15 is 0 Å². The number of rotatable bonds is 4. The molecule has 2 aliphatic heterocycles. The number of fused-ring (bicyclic) bond motifs is 1. The van der Waals surface area contributed by atoms with Crippen LogP contribution in [-0.2, 0) is 14.8 Å². The van der Waals surface area contributed by atoms with Gasteiger partial charge in [0.15, 0.2) is 0 Å².